The number of carbonyl (C=O) groups is 1. The SMILES string of the molecule is C=CC(=O)NC1CCN(c2nccnc2Nc2ccc(C(F)(F)F)cc2)CC1. The van der Waals surface area contributed by atoms with Gasteiger partial charge in [-0.05, 0) is 43.2 Å². The van der Waals surface area contributed by atoms with Crippen LogP contribution < -0.4 is 15.5 Å². The zero-order valence-corrected chi connectivity index (χ0v) is 15.0. The van der Waals surface area contributed by atoms with Crippen LogP contribution in [0, 0.1) is 0 Å². The Morgan fingerprint density at radius 1 is 1.14 bits per heavy atom. The highest BCUT2D eigenvalue weighted by molar-refractivity contribution is 5.87. The topological polar surface area (TPSA) is 70.2 Å². The number of nitrogens with one attached hydrogen (secondary N) is 2. The maximum absolute atomic E-state index is 12.7. The number of hydrogen-bond donors (Lipinski definition) is 2. The van der Waals surface area contributed by atoms with E-state index in [1.807, 2.05) is 4.90 Å². The zero-order valence-electron chi connectivity index (χ0n) is 15.0. The normalized spacial score (nSPS) is 15.2. The number of aromatic nitrogens is 2. The lowest BCUT2D eigenvalue weighted by Gasteiger charge is -2.33. The van der Waals surface area contributed by atoms with Gasteiger partial charge >= 0.3 is 6.18 Å². The van der Waals surface area contributed by atoms with Crippen molar-refractivity contribution in [3.63, 3.8) is 0 Å². The van der Waals surface area contributed by atoms with E-state index in [-0.39, 0.29) is 11.9 Å². The second-order valence-electron chi connectivity index (χ2n) is 6.40. The fourth-order valence-electron chi connectivity index (χ4n) is 3.03. The van der Waals surface area contributed by atoms with Crippen molar-refractivity contribution in [2.45, 2.75) is 25.1 Å². The number of anilines is 3. The Morgan fingerprint density at radius 3 is 2.39 bits per heavy atom. The maximum atomic E-state index is 12.7. The van der Waals surface area contributed by atoms with Crippen molar-refractivity contribution >= 4 is 23.2 Å². The molecule has 3 rings (SSSR count). The monoisotopic (exact) mass is 391 g/mol. The molecule has 1 saturated heterocycles. The molecule has 6 nitrogen and oxygen atoms in total. The molecule has 1 amide bonds. The van der Waals surface area contributed by atoms with E-state index in [1.165, 1.54) is 24.4 Å². The molecule has 148 valence electrons. The van der Waals surface area contributed by atoms with Crippen molar-refractivity contribution in [1.29, 1.82) is 0 Å². The molecular formula is C19H20F3N5O. The molecule has 0 radical (unpaired) electrons. The third-order valence-electron chi connectivity index (χ3n) is 4.48. The maximum Gasteiger partial charge on any atom is 0.416 e. The highest BCUT2D eigenvalue weighted by Crippen LogP contribution is 2.31. The van der Waals surface area contributed by atoms with Crippen LogP contribution in [-0.2, 0) is 11.0 Å². The van der Waals surface area contributed by atoms with Gasteiger partial charge in [0.25, 0.3) is 0 Å². The summed E-state index contributed by atoms with van der Waals surface area (Å²) in [5.74, 6) is 0.898. The molecule has 0 saturated carbocycles. The Labute approximate surface area is 160 Å². The van der Waals surface area contributed by atoms with Crippen LogP contribution in [-0.4, -0.2) is 35.0 Å². The first-order valence-corrected chi connectivity index (χ1v) is 8.80. The van der Waals surface area contributed by atoms with Crippen molar-refractivity contribution < 1.29 is 18.0 Å². The van der Waals surface area contributed by atoms with Gasteiger partial charge in [-0.15, -0.1) is 0 Å². The van der Waals surface area contributed by atoms with E-state index in [9.17, 15) is 18.0 Å². The molecule has 0 bridgehead atoms. The summed E-state index contributed by atoms with van der Waals surface area (Å²) in [6, 6.07) is 4.83. The van der Waals surface area contributed by atoms with Crippen molar-refractivity contribution in [3.8, 4) is 0 Å². The summed E-state index contributed by atoms with van der Waals surface area (Å²) in [5, 5.41) is 5.92. The van der Waals surface area contributed by atoms with Gasteiger partial charge in [0.15, 0.2) is 11.6 Å². The number of carbonyl (C=O) groups excluding carboxylic acids is 1. The molecule has 2 heterocycles. The Bertz CT molecular complexity index is 830. The third-order valence-corrected chi connectivity index (χ3v) is 4.48. The summed E-state index contributed by atoms with van der Waals surface area (Å²) in [7, 11) is 0. The van der Waals surface area contributed by atoms with Gasteiger partial charge in [-0.3, -0.25) is 4.79 Å². The molecule has 1 aromatic carbocycles. The van der Waals surface area contributed by atoms with Gasteiger partial charge in [0.2, 0.25) is 5.91 Å². The average molecular weight is 391 g/mol. The molecule has 2 N–H and O–H groups in total. The minimum Gasteiger partial charge on any atom is -0.353 e. The lowest BCUT2D eigenvalue weighted by molar-refractivity contribution is -0.137. The van der Waals surface area contributed by atoms with Gasteiger partial charge in [-0.25, -0.2) is 9.97 Å². The number of hydrogen-bond acceptors (Lipinski definition) is 5. The molecular weight excluding hydrogens is 371 g/mol. The number of piperidine rings is 1. The number of nitrogens with zero attached hydrogens (tertiary/aromatic N) is 3. The van der Waals surface area contributed by atoms with Crippen LogP contribution in [0.2, 0.25) is 0 Å². The molecule has 28 heavy (non-hydrogen) atoms. The van der Waals surface area contributed by atoms with E-state index >= 15 is 0 Å². The summed E-state index contributed by atoms with van der Waals surface area (Å²) in [6.45, 7) is 4.79. The van der Waals surface area contributed by atoms with Gasteiger partial charge in [0.1, 0.15) is 0 Å². The van der Waals surface area contributed by atoms with E-state index in [4.69, 9.17) is 0 Å². The average Bonchev–Trinajstić information content (AvgIpc) is 2.69. The fraction of sp³-hybridized carbons (Fsp3) is 0.316. The van der Waals surface area contributed by atoms with Crippen LogP contribution in [0.3, 0.4) is 0 Å². The molecule has 0 unspecified atom stereocenters. The second kappa shape index (κ2) is 8.28. The summed E-state index contributed by atoms with van der Waals surface area (Å²) >= 11 is 0. The Hall–Kier alpha value is -3.10. The lowest BCUT2D eigenvalue weighted by Crippen LogP contribution is -2.44. The van der Waals surface area contributed by atoms with Crippen LogP contribution in [0.15, 0.2) is 49.3 Å². The Morgan fingerprint density at radius 2 is 1.79 bits per heavy atom. The standard InChI is InChI=1S/C19H20F3N5O/c1-2-16(28)25-15-7-11-27(12-8-15)18-17(23-9-10-24-18)26-14-5-3-13(4-6-14)19(20,21)22/h2-6,9-10,15H,1,7-8,11-12H2,(H,23,26)(H,25,28). The van der Waals surface area contributed by atoms with E-state index in [0.29, 0.717) is 30.4 Å². The quantitative estimate of drug-likeness (QED) is 0.764. The minimum absolute atomic E-state index is 0.0738. The molecule has 2 aromatic rings. The second-order valence-corrected chi connectivity index (χ2v) is 6.40. The molecule has 9 heteroatoms. The molecule has 0 aliphatic carbocycles. The van der Waals surface area contributed by atoms with Crippen molar-refractivity contribution in [1.82, 2.24) is 15.3 Å². The van der Waals surface area contributed by atoms with Gasteiger partial charge in [0.05, 0.1) is 5.56 Å². The Kier molecular flexibility index (Phi) is 5.81. The van der Waals surface area contributed by atoms with Crippen molar-refractivity contribution in [3.05, 3.63) is 54.9 Å². The van der Waals surface area contributed by atoms with Crippen LogP contribution in [0.1, 0.15) is 18.4 Å². The largest absolute Gasteiger partial charge is 0.416 e. The highest BCUT2D eigenvalue weighted by Gasteiger charge is 2.30. The van der Waals surface area contributed by atoms with Crippen LogP contribution >= 0.6 is 0 Å². The fourth-order valence-corrected chi connectivity index (χ4v) is 3.03. The summed E-state index contributed by atoms with van der Waals surface area (Å²) in [4.78, 5) is 22.1. The first-order chi connectivity index (χ1) is 13.4. The minimum atomic E-state index is -4.37. The van der Waals surface area contributed by atoms with Gasteiger partial charge in [-0.2, -0.15) is 13.2 Å². The zero-order chi connectivity index (χ0) is 20.1. The van der Waals surface area contributed by atoms with Crippen LogP contribution in [0.25, 0.3) is 0 Å². The van der Waals surface area contributed by atoms with E-state index in [1.54, 1.807) is 6.20 Å². The van der Waals surface area contributed by atoms with Crippen molar-refractivity contribution in [2.75, 3.05) is 23.3 Å². The Balaban J connectivity index is 1.69. The molecule has 0 spiro atoms. The highest BCUT2D eigenvalue weighted by atomic mass is 19.4. The first-order valence-electron chi connectivity index (χ1n) is 8.80. The van der Waals surface area contributed by atoms with Gasteiger partial charge in [-0.1, -0.05) is 6.58 Å². The smallest absolute Gasteiger partial charge is 0.353 e. The van der Waals surface area contributed by atoms with E-state index < -0.39 is 11.7 Å². The predicted octanol–water partition coefficient (Wildman–Crippen LogP) is 3.51. The number of halogens is 3. The van der Waals surface area contributed by atoms with Gasteiger partial charge in [0, 0.05) is 37.2 Å². The number of benzene rings is 1. The summed E-state index contributed by atoms with van der Waals surface area (Å²) < 4.78 is 38.1. The van der Waals surface area contributed by atoms with E-state index in [0.717, 1.165) is 25.0 Å². The third kappa shape index (κ3) is 4.79. The summed E-state index contributed by atoms with van der Waals surface area (Å²) in [6.07, 6.45) is 1.46. The summed E-state index contributed by atoms with van der Waals surface area (Å²) in [5.41, 5.74) is -0.219. The van der Waals surface area contributed by atoms with E-state index in [2.05, 4.69) is 27.2 Å². The van der Waals surface area contributed by atoms with Gasteiger partial charge < -0.3 is 15.5 Å². The molecule has 1 aromatic heterocycles. The molecule has 1 aliphatic heterocycles. The van der Waals surface area contributed by atoms with Crippen LogP contribution in [0.4, 0.5) is 30.5 Å². The lowest BCUT2D eigenvalue weighted by atomic mass is 10.0. The first kappa shape index (κ1) is 19.7. The number of rotatable bonds is 5. The van der Waals surface area contributed by atoms with Crippen LogP contribution in [0.5, 0.6) is 0 Å². The molecule has 0 atom stereocenters. The predicted molar refractivity (Wildman–Crippen MR) is 100 cm³/mol. The van der Waals surface area contributed by atoms with Crippen molar-refractivity contribution in [2.24, 2.45) is 0 Å². The number of amides is 1. The number of alkyl halides is 3. The molecule has 1 fully saturated rings. The molecule has 1 aliphatic rings.